The topological polar surface area (TPSA) is 38.3 Å². The highest BCUT2D eigenvalue weighted by Crippen LogP contribution is 2.29. The summed E-state index contributed by atoms with van der Waals surface area (Å²) in [6, 6.07) is 4.46. The van der Waals surface area contributed by atoms with E-state index < -0.39 is 17.6 Å². The molecule has 0 saturated carbocycles. The zero-order valence-electron chi connectivity index (χ0n) is 12.0. The zero-order chi connectivity index (χ0) is 16.0. The van der Waals surface area contributed by atoms with Gasteiger partial charge in [-0.25, -0.2) is 0 Å². The van der Waals surface area contributed by atoms with Gasteiger partial charge in [-0.15, -0.1) is 0 Å². The summed E-state index contributed by atoms with van der Waals surface area (Å²) in [5.41, 5.74) is -0.775. The number of carbonyl (C=O) groups excluding carboxylic acids is 1. The molecule has 1 aliphatic heterocycles. The Kier molecular flexibility index (Phi) is 6.14. The first kappa shape index (κ1) is 17.1. The minimum absolute atomic E-state index is 0.0332. The molecule has 0 unspecified atom stereocenters. The van der Waals surface area contributed by atoms with Crippen molar-refractivity contribution in [3.63, 3.8) is 0 Å². The van der Waals surface area contributed by atoms with Crippen LogP contribution in [0.25, 0.3) is 0 Å². The van der Waals surface area contributed by atoms with Crippen molar-refractivity contribution in [1.82, 2.24) is 5.32 Å². The number of hydrogen-bond acceptors (Lipinski definition) is 3. The number of alkyl halides is 3. The van der Waals surface area contributed by atoms with Crippen molar-refractivity contribution in [3.8, 4) is 0 Å². The van der Waals surface area contributed by atoms with Crippen molar-refractivity contribution in [1.29, 1.82) is 0 Å². The molecule has 122 valence electrons. The van der Waals surface area contributed by atoms with Gasteiger partial charge in [0.1, 0.15) is 0 Å². The predicted octanol–water partition coefficient (Wildman–Crippen LogP) is 3.35. The van der Waals surface area contributed by atoms with E-state index in [4.69, 9.17) is 4.74 Å². The number of thioether (sulfide) groups is 1. The van der Waals surface area contributed by atoms with Crippen LogP contribution < -0.4 is 5.32 Å². The highest BCUT2D eigenvalue weighted by atomic mass is 32.2. The average molecular weight is 333 g/mol. The predicted molar refractivity (Wildman–Crippen MR) is 80.1 cm³/mol. The maximum atomic E-state index is 12.6. The van der Waals surface area contributed by atoms with E-state index in [1.165, 1.54) is 12.1 Å². The lowest BCUT2D eigenvalue weighted by Crippen LogP contribution is -2.27. The van der Waals surface area contributed by atoms with E-state index in [2.05, 4.69) is 5.32 Å². The van der Waals surface area contributed by atoms with Gasteiger partial charge in [0.05, 0.1) is 5.56 Å². The molecule has 3 nitrogen and oxygen atoms in total. The molecule has 0 bridgehead atoms. The first-order valence-corrected chi connectivity index (χ1v) is 8.16. The van der Waals surface area contributed by atoms with Crippen LogP contribution in [-0.4, -0.2) is 36.7 Å². The van der Waals surface area contributed by atoms with Crippen LogP contribution in [0.4, 0.5) is 13.2 Å². The van der Waals surface area contributed by atoms with Crippen molar-refractivity contribution in [2.45, 2.75) is 24.3 Å². The number of rotatable bonds is 5. The summed E-state index contributed by atoms with van der Waals surface area (Å²) in [5, 5.41) is 3.20. The van der Waals surface area contributed by atoms with Gasteiger partial charge in [0.15, 0.2) is 0 Å². The minimum atomic E-state index is -4.44. The van der Waals surface area contributed by atoms with Crippen molar-refractivity contribution < 1.29 is 22.7 Å². The van der Waals surface area contributed by atoms with Gasteiger partial charge in [-0.3, -0.25) is 4.79 Å². The Morgan fingerprint density at radius 3 is 2.73 bits per heavy atom. The van der Waals surface area contributed by atoms with Crippen molar-refractivity contribution in [2.24, 2.45) is 0 Å². The third kappa shape index (κ3) is 5.21. The molecule has 1 N–H and O–H groups in total. The first-order chi connectivity index (χ1) is 10.5. The van der Waals surface area contributed by atoms with Gasteiger partial charge >= 0.3 is 6.18 Å². The summed E-state index contributed by atoms with van der Waals surface area (Å²) < 4.78 is 43.1. The smallest absolute Gasteiger partial charge is 0.381 e. The molecular formula is C15H18F3NO2S. The summed E-state index contributed by atoms with van der Waals surface area (Å²) in [7, 11) is 0. The molecule has 0 atom stereocenters. The molecule has 0 radical (unpaired) electrons. The van der Waals surface area contributed by atoms with Crippen molar-refractivity contribution in [2.75, 3.05) is 25.5 Å². The van der Waals surface area contributed by atoms with E-state index in [0.29, 0.717) is 11.8 Å². The van der Waals surface area contributed by atoms with Gasteiger partial charge in [-0.2, -0.15) is 24.9 Å². The maximum absolute atomic E-state index is 12.6. The van der Waals surface area contributed by atoms with E-state index in [-0.39, 0.29) is 5.56 Å². The van der Waals surface area contributed by atoms with Crippen LogP contribution in [0.1, 0.15) is 28.8 Å². The summed E-state index contributed by atoms with van der Waals surface area (Å²) in [6.45, 7) is 1.99. The molecule has 1 heterocycles. The molecule has 1 aromatic rings. The molecule has 1 aromatic carbocycles. The van der Waals surface area contributed by atoms with Gasteiger partial charge < -0.3 is 10.1 Å². The van der Waals surface area contributed by atoms with E-state index in [1.54, 1.807) is 11.8 Å². The minimum Gasteiger partial charge on any atom is -0.381 e. The third-order valence-corrected chi connectivity index (χ3v) is 4.74. The maximum Gasteiger partial charge on any atom is 0.416 e. The Morgan fingerprint density at radius 2 is 2.05 bits per heavy atom. The molecule has 1 aliphatic rings. The van der Waals surface area contributed by atoms with Gasteiger partial charge in [0.25, 0.3) is 5.91 Å². The standard InChI is InChI=1S/C15H18F3NO2S/c16-15(17,18)12-3-1-2-11(10-12)14(20)19-6-9-22-13-4-7-21-8-5-13/h1-3,10,13H,4-9H2,(H,19,20). The number of amides is 1. The number of hydrogen-bond donors (Lipinski definition) is 1. The molecule has 1 fully saturated rings. The zero-order valence-corrected chi connectivity index (χ0v) is 12.8. The van der Waals surface area contributed by atoms with E-state index in [9.17, 15) is 18.0 Å². The summed E-state index contributed by atoms with van der Waals surface area (Å²) in [5.74, 6) is 0.272. The molecule has 2 rings (SSSR count). The fourth-order valence-electron chi connectivity index (χ4n) is 2.17. The first-order valence-electron chi connectivity index (χ1n) is 7.11. The number of halogens is 3. The lowest BCUT2D eigenvalue weighted by Gasteiger charge is -2.21. The van der Waals surface area contributed by atoms with Crippen LogP contribution in [0, 0.1) is 0 Å². The monoisotopic (exact) mass is 333 g/mol. The summed E-state index contributed by atoms with van der Waals surface area (Å²) in [4.78, 5) is 11.9. The summed E-state index contributed by atoms with van der Waals surface area (Å²) in [6.07, 6.45) is -2.42. The lowest BCUT2D eigenvalue weighted by molar-refractivity contribution is -0.137. The third-order valence-electron chi connectivity index (χ3n) is 3.36. The van der Waals surface area contributed by atoms with Gasteiger partial charge in [-0.05, 0) is 31.0 Å². The van der Waals surface area contributed by atoms with Crippen LogP contribution in [0.15, 0.2) is 24.3 Å². The Labute approximate surface area is 131 Å². The molecule has 1 saturated heterocycles. The SMILES string of the molecule is O=C(NCCSC1CCOCC1)c1cccc(C(F)(F)F)c1. The molecule has 0 aromatic heterocycles. The number of carbonyl (C=O) groups is 1. The second-order valence-electron chi connectivity index (χ2n) is 5.02. The van der Waals surface area contributed by atoms with Crippen molar-refractivity contribution >= 4 is 17.7 Å². The van der Waals surface area contributed by atoms with Crippen LogP contribution in [0.5, 0.6) is 0 Å². The van der Waals surface area contributed by atoms with Crippen molar-refractivity contribution in [3.05, 3.63) is 35.4 Å². The second kappa shape index (κ2) is 7.87. The molecule has 0 aliphatic carbocycles. The number of nitrogens with one attached hydrogen (secondary N) is 1. The van der Waals surface area contributed by atoms with E-state index in [1.807, 2.05) is 0 Å². The van der Waals surface area contributed by atoms with Crippen LogP contribution >= 0.6 is 11.8 Å². The van der Waals surface area contributed by atoms with Gasteiger partial charge in [0.2, 0.25) is 0 Å². The normalized spacial score (nSPS) is 16.5. The van der Waals surface area contributed by atoms with Crippen LogP contribution in [0.2, 0.25) is 0 Å². The number of benzene rings is 1. The fourth-order valence-corrected chi connectivity index (χ4v) is 3.25. The average Bonchev–Trinajstić information content (AvgIpc) is 2.52. The fraction of sp³-hybridized carbons (Fsp3) is 0.533. The highest BCUT2D eigenvalue weighted by molar-refractivity contribution is 7.99. The Hall–Kier alpha value is -1.21. The molecule has 7 heteroatoms. The highest BCUT2D eigenvalue weighted by Gasteiger charge is 2.30. The van der Waals surface area contributed by atoms with E-state index >= 15 is 0 Å². The molecule has 1 amide bonds. The molecule has 0 spiro atoms. The molecular weight excluding hydrogens is 315 g/mol. The largest absolute Gasteiger partial charge is 0.416 e. The lowest BCUT2D eigenvalue weighted by atomic mass is 10.1. The van der Waals surface area contributed by atoms with Gasteiger partial charge in [0, 0.05) is 36.3 Å². The van der Waals surface area contributed by atoms with Gasteiger partial charge in [-0.1, -0.05) is 6.07 Å². The quantitative estimate of drug-likeness (QED) is 0.840. The number of ether oxygens (including phenoxy) is 1. The summed E-state index contributed by atoms with van der Waals surface area (Å²) >= 11 is 1.77. The Morgan fingerprint density at radius 1 is 1.32 bits per heavy atom. The molecule has 22 heavy (non-hydrogen) atoms. The Balaban J connectivity index is 1.77. The van der Waals surface area contributed by atoms with Crippen LogP contribution in [-0.2, 0) is 10.9 Å². The van der Waals surface area contributed by atoms with Crippen LogP contribution in [0.3, 0.4) is 0 Å². The Bertz CT molecular complexity index is 502. The second-order valence-corrected chi connectivity index (χ2v) is 6.43. The van der Waals surface area contributed by atoms with E-state index in [0.717, 1.165) is 43.9 Å².